The van der Waals surface area contributed by atoms with Crippen molar-refractivity contribution in [2.75, 3.05) is 0 Å². The van der Waals surface area contributed by atoms with Crippen LogP contribution < -0.4 is 0 Å². The van der Waals surface area contributed by atoms with Crippen LogP contribution in [0.1, 0.15) is 25.0 Å². The van der Waals surface area contributed by atoms with Crippen LogP contribution in [0.4, 0.5) is 4.39 Å². The minimum absolute atomic E-state index is 0.251. The Morgan fingerprint density at radius 3 is 1.92 bits per heavy atom. The number of hydrogen-bond acceptors (Lipinski definition) is 1. The van der Waals surface area contributed by atoms with Gasteiger partial charge in [0, 0.05) is 0 Å². The summed E-state index contributed by atoms with van der Waals surface area (Å²) in [6.45, 7) is 3.79. The molecule has 0 bridgehead atoms. The van der Waals surface area contributed by atoms with Crippen molar-refractivity contribution in [1.29, 1.82) is 0 Å². The molecule has 1 aromatic carbocycles. The van der Waals surface area contributed by atoms with E-state index < -0.39 is 0 Å². The van der Waals surface area contributed by atoms with Gasteiger partial charge in [-0.2, -0.15) is 0 Å². The lowest BCUT2D eigenvalue weighted by atomic mass is 10.0. The average Bonchev–Trinajstić information content (AvgIpc) is 2.08. The molecular formula is C10H13FO. The fourth-order valence-corrected chi connectivity index (χ4v) is 1.26. The van der Waals surface area contributed by atoms with Gasteiger partial charge in [0.2, 0.25) is 0 Å². The third-order valence-corrected chi connectivity index (χ3v) is 1.99. The molecule has 0 heterocycles. The highest BCUT2D eigenvalue weighted by Gasteiger charge is 2.06. The highest BCUT2D eigenvalue weighted by Crippen LogP contribution is 2.24. The van der Waals surface area contributed by atoms with Crippen LogP contribution in [-0.4, -0.2) is 5.11 Å². The lowest BCUT2D eigenvalue weighted by Crippen LogP contribution is -1.90. The molecule has 0 unspecified atom stereocenters. The molecule has 0 spiro atoms. The number of aryl methyl sites for hydroxylation is 2. The first-order chi connectivity index (χ1) is 5.69. The van der Waals surface area contributed by atoms with Gasteiger partial charge in [-0.15, -0.1) is 0 Å². The summed E-state index contributed by atoms with van der Waals surface area (Å²) in [5, 5.41) is 9.55. The predicted octanol–water partition coefficient (Wildman–Crippen LogP) is 2.66. The monoisotopic (exact) mass is 168 g/mol. The Morgan fingerprint density at radius 2 is 1.58 bits per heavy atom. The number of rotatable bonds is 2. The van der Waals surface area contributed by atoms with E-state index in [-0.39, 0.29) is 11.6 Å². The molecule has 1 nitrogen and oxygen atoms in total. The van der Waals surface area contributed by atoms with Crippen LogP contribution >= 0.6 is 0 Å². The standard InChI is InChI=1S/C10H13FO/c1-3-7-5-9(11)6-8(4-2)10(7)12/h5-6,12H,3-4H2,1-2H3. The van der Waals surface area contributed by atoms with Crippen molar-refractivity contribution in [2.45, 2.75) is 26.7 Å². The highest BCUT2D eigenvalue weighted by molar-refractivity contribution is 5.40. The topological polar surface area (TPSA) is 20.2 Å². The molecule has 2 heteroatoms. The van der Waals surface area contributed by atoms with Gasteiger partial charge in [-0.1, -0.05) is 13.8 Å². The molecule has 66 valence electrons. The molecule has 0 amide bonds. The number of phenolic OH excluding ortho intramolecular Hbond substituents is 1. The SMILES string of the molecule is CCc1cc(F)cc(CC)c1O. The van der Waals surface area contributed by atoms with E-state index in [1.807, 2.05) is 13.8 Å². The summed E-state index contributed by atoms with van der Waals surface area (Å²) >= 11 is 0. The lowest BCUT2D eigenvalue weighted by Gasteiger charge is -2.06. The van der Waals surface area contributed by atoms with Gasteiger partial charge in [0.15, 0.2) is 0 Å². The lowest BCUT2D eigenvalue weighted by molar-refractivity contribution is 0.459. The van der Waals surface area contributed by atoms with Gasteiger partial charge < -0.3 is 5.11 Å². The summed E-state index contributed by atoms with van der Waals surface area (Å²) in [5.74, 6) is -0.0112. The van der Waals surface area contributed by atoms with Crippen molar-refractivity contribution in [2.24, 2.45) is 0 Å². The molecule has 12 heavy (non-hydrogen) atoms. The molecular weight excluding hydrogens is 155 g/mol. The van der Waals surface area contributed by atoms with Gasteiger partial charge in [0.1, 0.15) is 11.6 Å². The molecule has 0 atom stereocenters. The zero-order valence-corrected chi connectivity index (χ0v) is 7.39. The molecule has 0 aromatic heterocycles. The fourth-order valence-electron chi connectivity index (χ4n) is 1.26. The van der Waals surface area contributed by atoms with Gasteiger partial charge in [0.25, 0.3) is 0 Å². The molecule has 1 aromatic rings. The molecule has 0 aliphatic heterocycles. The van der Waals surface area contributed by atoms with E-state index in [1.54, 1.807) is 0 Å². The quantitative estimate of drug-likeness (QED) is 0.719. The predicted molar refractivity (Wildman–Crippen MR) is 46.8 cm³/mol. The number of hydrogen-bond donors (Lipinski definition) is 1. The van der Waals surface area contributed by atoms with Crippen LogP contribution in [0.15, 0.2) is 12.1 Å². The molecule has 0 aliphatic carbocycles. The summed E-state index contributed by atoms with van der Waals surface area (Å²) in [6.07, 6.45) is 1.33. The Labute approximate surface area is 71.9 Å². The summed E-state index contributed by atoms with van der Waals surface area (Å²) in [4.78, 5) is 0. The van der Waals surface area contributed by atoms with Crippen molar-refractivity contribution >= 4 is 0 Å². The van der Waals surface area contributed by atoms with E-state index in [4.69, 9.17) is 0 Å². The third-order valence-electron chi connectivity index (χ3n) is 1.99. The average molecular weight is 168 g/mol. The Morgan fingerprint density at radius 1 is 1.17 bits per heavy atom. The third kappa shape index (κ3) is 1.58. The van der Waals surface area contributed by atoms with E-state index in [2.05, 4.69) is 0 Å². The summed E-state index contributed by atoms with van der Waals surface area (Å²) in [5.41, 5.74) is 1.37. The molecule has 1 N–H and O–H groups in total. The molecule has 1 rings (SSSR count). The van der Waals surface area contributed by atoms with E-state index in [0.717, 1.165) is 0 Å². The maximum Gasteiger partial charge on any atom is 0.124 e. The number of phenols is 1. The molecule has 0 saturated heterocycles. The van der Waals surface area contributed by atoms with E-state index in [0.29, 0.717) is 24.0 Å². The Kier molecular flexibility index (Phi) is 2.69. The smallest absolute Gasteiger partial charge is 0.124 e. The van der Waals surface area contributed by atoms with Gasteiger partial charge in [-0.25, -0.2) is 4.39 Å². The second kappa shape index (κ2) is 3.57. The first-order valence-electron chi connectivity index (χ1n) is 4.19. The number of benzene rings is 1. The number of aromatic hydroxyl groups is 1. The van der Waals surface area contributed by atoms with Crippen LogP contribution in [0.5, 0.6) is 5.75 Å². The van der Waals surface area contributed by atoms with Crippen molar-refractivity contribution < 1.29 is 9.50 Å². The van der Waals surface area contributed by atoms with E-state index in [1.165, 1.54) is 12.1 Å². The molecule has 0 fully saturated rings. The van der Waals surface area contributed by atoms with Crippen LogP contribution in [0.2, 0.25) is 0 Å². The summed E-state index contributed by atoms with van der Waals surface area (Å²) in [7, 11) is 0. The minimum atomic E-state index is -0.262. The van der Waals surface area contributed by atoms with Crippen molar-refractivity contribution in [1.82, 2.24) is 0 Å². The van der Waals surface area contributed by atoms with Crippen LogP contribution in [0.3, 0.4) is 0 Å². The van der Waals surface area contributed by atoms with Crippen LogP contribution in [0.25, 0.3) is 0 Å². The zero-order valence-electron chi connectivity index (χ0n) is 7.39. The van der Waals surface area contributed by atoms with E-state index in [9.17, 15) is 9.50 Å². The summed E-state index contributed by atoms with van der Waals surface area (Å²) < 4.78 is 12.9. The van der Waals surface area contributed by atoms with Crippen LogP contribution in [-0.2, 0) is 12.8 Å². The van der Waals surface area contributed by atoms with Gasteiger partial charge in [-0.3, -0.25) is 0 Å². The molecule has 0 saturated carbocycles. The van der Waals surface area contributed by atoms with Gasteiger partial charge >= 0.3 is 0 Å². The van der Waals surface area contributed by atoms with Crippen molar-refractivity contribution in [3.8, 4) is 5.75 Å². The van der Waals surface area contributed by atoms with Crippen molar-refractivity contribution in [3.05, 3.63) is 29.1 Å². The molecule has 0 radical (unpaired) electrons. The van der Waals surface area contributed by atoms with E-state index >= 15 is 0 Å². The van der Waals surface area contributed by atoms with Crippen LogP contribution in [0, 0.1) is 5.82 Å². The highest BCUT2D eigenvalue weighted by atomic mass is 19.1. The van der Waals surface area contributed by atoms with Crippen molar-refractivity contribution in [3.63, 3.8) is 0 Å². The maximum atomic E-state index is 12.9. The maximum absolute atomic E-state index is 12.9. The van der Waals surface area contributed by atoms with Gasteiger partial charge in [-0.05, 0) is 36.1 Å². The zero-order chi connectivity index (χ0) is 9.14. The minimum Gasteiger partial charge on any atom is -0.507 e. The Hall–Kier alpha value is -1.05. The fraction of sp³-hybridized carbons (Fsp3) is 0.400. The second-order valence-electron chi connectivity index (χ2n) is 2.78. The normalized spacial score (nSPS) is 10.2. The first kappa shape index (κ1) is 9.04. The Bertz CT molecular complexity index is 256. The first-order valence-corrected chi connectivity index (χ1v) is 4.19. The largest absolute Gasteiger partial charge is 0.507 e. The summed E-state index contributed by atoms with van der Waals surface area (Å²) in [6, 6.07) is 2.77. The second-order valence-corrected chi connectivity index (χ2v) is 2.78. The number of halogens is 1. The Balaban J connectivity index is 3.22. The molecule has 0 aliphatic rings. The van der Waals surface area contributed by atoms with Gasteiger partial charge in [0.05, 0.1) is 0 Å².